The van der Waals surface area contributed by atoms with Crippen molar-refractivity contribution >= 4 is 21.1 Å². The molecule has 0 atom stereocenters. The van der Waals surface area contributed by atoms with Gasteiger partial charge in [-0.3, -0.25) is 9.13 Å². The first-order valence-electron chi connectivity index (χ1n) is 5.49. The van der Waals surface area contributed by atoms with Crippen molar-refractivity contribution in [2.24, 2.45) is 7.05 Å². The molecule has 0 amide bonds. The summed E-state index contributed by atoms with van der Waals surface area (Å²) in [6.45, 7) is 0.514. The van der Waals surface area contributed by atoms with Crippen LogP contribution >= 0.6 is 0 Å². The lowest BCUT2D eigenvalue weighted by molar-refractivity contribution is 0.576. The van der Waals surface area contributed by atoms with Gasteiger partial charge in [0.2, 0.25) is 10.0 Å². The van der Waals surface area contributed by atoms with Crippen LogP contribution < -0.4 is 10.4 Å². The summed E-state index contributed by atoms with van der Waals surface area (Å²) in [6.07, 6.45) is 1.10. The molecule has 0 aliphatic rings. The highest BCUT2D eigenvalue weighted by Gasteiger charge is 2.09. The van der Waals surface area contributed by atoms with Crippen molar-refractivity contribution in [3.8, 4) is 0 Å². The van der Waals surface area contributed by atoms with Crippen LogP contribution in [-0.4, -0.2) is 30.4 Å². The van der Waals surface area contributed by atoms with Crippen molar-refractivity contribution in [3.63, 3.8) is 0 Å². The third-order valence-corrected chi connectivity index (χ3v) is 3.48. The summed E-state index contributed by atoms with van der Waals surface area (Å²) in [5.41, 5.74) is 1.49. The number of benzene rings is 1. The summed E-state index contributed by atoms with van der Waals surface area (Å²) in [6, 6.07) is 7.41. The zero-order chi connectivity index (χ0) is 13.3. The number of nitrogens with one attached hydrogen (secondary N) is 1. The van der Waals surface area contributed by atoms with Gasteiger partial charge in [0.15, 0.2) is 0 Å². The molecule has 7 heteroatoms. The highest BCUT2D eigenvalue weighted by molar-refractivity contribution is 7.88. The van der Waals surface area contributed by atoms with Crippen molar-refractivity contribution < 1.29 is 8.42 Å². The molecule has 0 saturated carbocycles. The van der Waals surface area contributed by atoms with Crippen molar-refractivity contribution in [3.05, 3.63) is 34.7 Å². The zero-order valence-electron chi connectivity index (χ0n) is 10.3. The lowest BCUT2D eigenvalue weighted by Crippen LogP contribution is -2.30. The summed E-state index contributed by atoms with van der Waals surface area (Å²) in [4.78, 5) is 12.0. The Morgan fingerprint density at radius 2 is 1.83 bits per heavy atom. The quantitative estimate of drug-likeness (QED) is 0.841. The Morgan fingerprint density at radius 1 is 1.22 bits per heavy atom. The molecule has 0 spiro atoms. The number of fused-ring (bicyclic) bond motifs is 1. The second-order valence-electron chi connectivity index (χ2n) is 4.15. The molecule has 0 bridgehead atoms. The Morgan fingerprint density at radius 3 is 2.44 bits per heavy atom. The Bertz CT molecular complexity index is 728. The Hall–Kier alpha value is -1.60. The first-order chi connectivity index (χ1) is 8.40. The lowest BCUT2D eigenvalue weighted by Gasteiger charge is -2.03. The summed E-state index contributed by atoms with van der Waals surface area (Å²) in [7, 11) is -1.53. The molecule has 0 fully saturated rings. The van der Waals surface area contributed by atoms with E-state index in [1.54, 1.807) is 16.2 Å². The van der Waals surface area contributed by atoms with E-state index in [1.165, 1.54) is 0 Å². The van der Waals surface area contributed by atoms with E-state index in [2.05, 4.69) is 4.72 Å². The standard InChI is InChI=1S/C11H15N3O3S/c1-13-9-5-3-4-6-10(9)14(11(13)15)8-7-12-18(2,16)17/h3-6,12H,7-8H2,1-2H3. The maximum Gasteiger partial charge on any atom is 0.328 e. The van der Waals surface area contributed by atoms with E-state index in [4.69, 9.17) is 0 Å². The molecule has 2 aromatic rings. The van der Waals surface area contributed by atoms with Crippen LogP contribution in [0.1, 0.15) is 0 Å². The first-order valence-corrected chi connectivity index (χ1v) is 7.38. The molecular weight excluding hydrogens is 254 g/mol. The molecule has 1 aromatic carbocycles. The van der Waals surface area contributed by atoms with Crippen molar-refractivity contribution in [2.45, 2.75) is 6.54 Å². The van der Waals surface area contributed by atoms with Gasteiger partial charge in [0.05, 0.1) is 17.3 Å². The molecule has 0 aliphatic heterocycles. The summed E-state index contributed by atoms with van der Waals surface area (Å²) in [5.74, 6) is 0. The first kappa shape index (κ1) is 12.8. The molecule has 98 valence electrons. The van der Waals surface area contributed by atoms with E-state index in [-0.39, 0.29) is 12.2 Å². The van der Waals surface area contributed by atoms with Gasteiger partial charge in [-0.2, -0.15) is 0 Å². The van der Waals surface area contributed by atoms with Gasteiger partial charge in [-0.1, -0.05) is 12.1 Å². The number of imidazole rings is 1. The van der Waals surface area contributed by atoms with Gasteiger partial charge in [-0.25, -0.2) is 17.9 Å². The van der Waals surface area contributed by atoms with E-state index in [9.17, 15) is 13.2 Å². The smallest absolute Gasteiger partial charge is 0.295 e. The molecule has 0 aliphatic carbocycles. The topological polar surface area (TPSA) is 73.1 Å². The number of sulfonamides is 1. The van der Waals surface area contributed by atoms with E-state index in [0.717, 1.165) is 17.3 Å². The maximum absolute atomic E-state index is 12.0. The molecule has 2 rings (SSSR count). The monoisotopic (exact) mass is 269 g/mol. The van der Waals surface area contributed by atoms with Crippen LogP contribution in [0.5, 0.6) is 0 Å². The van der Waals surface area contributed by atoms with Crippen molar-refractivity contribution in [2.75, 3.05) is 12.8 Å². The van der Waals surface area contributed by atoms with Gasteiger partial charge < -0.3 is 0 Å². The molecular formula is C11H15N3O3S. The molecule has 18 heavy (non-hydrogen) atoms. The van der Waals surface area contributed by atoms with Gasteiger partial charge in [-0.05, 0) is 12.1 Å². The van der Waals surface area contributed by atoms with E-state index >= 15 is 0 Å². The number of rotatable bonds is 4. The number of hydrogen-bond donors (Lipinski definition) is 1. The molecule has 0 radical (unpaired) electrons. The summed E-state index contributed by atoms with van der Waals surface area (Å²) in [5, 5.41) is 0. The second kappa shape index (κ2) is 4.58. The predicted octanol–water partition coefficient (Wildman–Crippen LogP) is -0.111. The molecule has 1 heterocycles. The van der Waals surface area contributed by atoms with Crippen LogP contribution in [0.2, 0.25) is 0 Å². The van der Waals surface area contributed by atoms with E-state index in [1.807, 2.05) is 24.3 Å². The minimum absolute atomic E-state index is 0.147. The molecule has 0 unspecified atom stereocenters. The largest absolute Gasteiger partial charge is 0.328 e. The van der Waals surface area contributed by atoms with Crippen LogP contribution in [0.25, 0.3) is 11.0 Å². The van der Waals surface area contributed by atoms with Gasteiger partial charge in [0.1, 0.15) is 0 Å². The van der Waals surface area contributed by atoms with Crippen LogP contribution in [0.15, 0.2) is 29.1 Å². The van der Waals surface area contributed by atoms with Crippen molar-refractivity contribution in [1.82, 2.24) is 13.9 Å². The number of aromatic nitrogens is 2. The summed E-state index contributed by atoms with van der Waals surface area (Å²) >= 11 is 0. The minimum atomic E-state index is -3.23. The van der Waals surface area contributed by atoms with Gasteiger partial charge in [0, 0.05) is 20.1 Å². The SMILES string of the molecule is Cn1c(=O)n(CCNS(C)(=O)=O)c2ccccc21. The average Bonchev–Trinajstić information content (AvgIpc) is 2.53. The van der Waals surface area contributed by atoms with Gasteiger partial charge >= 0.3 is 5.69 Å². The number of aryl methyl sites for hydroxylation is 1. The Kier molecular flexibility index (Phi) is 3.27. The zero-order valence-corrected chi connectivity index (χ0v) is 11.1. The van der Waals surface area contributed by atoms with E-state index in [0.29, 0.717) is 6.54 Å². The minimum Gasteiger partial charge on any atom is -0.295 e. The Labute approximate surface area is 105 Å². The van der Waals surface area contributed by atoms with Crippen molar-refractivity contribution in [1.29, 1.82) is 0 Å². The average molecular weight is 269 g/mol. The highest BCUT2D eigenvalue weighted by Crippen LogP contribution is 2.10. The predicted molar refractivity (Wildman–Crippen MR) is 70.0 cm³/mol. The van der Waals surface area contributed by atoms with Crippen LogP contribution in [-0.2, 0) is 23.6 Å². The number of para-hydroxylation sites is 2. The Balaban J connectivity index is 2.34. The molecule has 0 saturated heterocycles. The van der Waals surface area contributed by atoms with Gasteiger partial charge in [0.25, 0.3) is 0 Å². The number of nitrogens with zero attached hydrogens (tertiary/aromatic N) is 2. The van der Waals surface area contributed by atoms with E-state index < -0.39 is 10.0 Å². The second-order valence-corrected chi connectivity index (χ2v) is 5.98. The molecule has 1 aromatic heterocycles. The normalized spacial score (nSPS) is 12.1. The fraction of sp³-hybridized carbons (Fsp3) is 0.364. The third kappa shape index (κ3) is 2.46. The fourth-order valence-corrected chi connectivity index (χ4v) is 2.38. The van der Waals surface area contributed by atoms with Gasteiger partial charge in [-0.15, -0.1) is 0 Å². The number of hydrogen-bond acceptors (Lipinski definition) is 3. The van der Waals surface area contributed by atoms with Crippen LogP contribution in [0.4, 0.5) is 0 Å². The third-order valence-electron chi connectivity index (χ3n) is 2.75. The maximum atomic E-state index is 12.0. The van der Waals surface area contributed by atoms with Crippen LogP contribution in [0.3, 0.4) is 0 Å². The molecule has 6 nitrogen and oxygen atoms in total. The van der Waals surface area contributed by atoms with Crippen LogP contribution in [0, 0.1) is 0 Å². The highest BCUT2D eigenvalue weighted by atomic mass is 32.2. The molecule has 1 N–H and O–H groups in total. The fourth-order valence-electron chi connectivity index (χ4n) is 1.92. The lowest BCUT2D eigenvalue weighted by atomic mass is 10.3. The summed E-state index contributed by atoms with van der Waals surface area (Å²) < 4.78 is 27.4.